The maximum absolute atomic E-state index is 6.96. The van der Waals surface area contributed by atoms with Crippen molar-refractivity contribution in [2.75, 3.05) is 13.2 Å². The standard InChI is InChI=1S/C46H51NO8/c1-33(48-27-34-17-7-2-8-18-34)41(49-28-35-19-9-3-10-20-35)39(47)31-52-46-44(51-30-37-23-13-5-14-24-37)43(50-29-36-21-11-4-12-22-36)42-40(54-46)32-53-45(55-42)38-25-15-6-16-26-38/h2-26,33,39-46H,27-32,47H2,1H3/t33-,39+,40?,41-,42?,43?,44?,45?,46?/m1/s1. The van der Waals surface area contributed by atoms with E-state index in [4.69, 9.17) is 43.6 Å². The summed E-state index contributed by atoms with van der Waals surface area (Å²) in [4.78, 5) is 0. The Hall–Kier alpha value is -4.26. The first-order valence-corrected chi connectivity index (χ1v) is 19.1. The summed E-state index contributed by atoms with van der Waals surface area (Å²) in [7, 11) is 0. The van der Waals surface area contributed by atoms with E-state index in [-0.39, 0.29) is 19.3 Å². The summed E-state index contributed by atoms with van der Waals surface area (Å²) in [6, 6.07) is 49.5. The predicted molar refractivity (Wildman–Crippen MR) is 208 cm³/mol. The van der Waals surface area contributed by atoms with Crippen molar-refractivity contribution in [2.24, 2.45) is 5.73 Å². The van der Waals surface area contributed by atoms with Crippen molar-refractivity contribution in [1.82, 2.24) is 0 Å². The Bertz CT molecular complexity index is 1800. The molecule has 0 radical (unpaired) electrons. The average Bonchev–Trinajstić information content (AvgIpc) is 3.25. The summed E-state index contributed by atoms with van der Waals surface area (Å²) in [5.74, 6) is 0. The summed E-state index contributed by atoms with van der Waals surface area (Å²) >= 11 is 0. The molecule has 55 heavy (non-hydrogen) atoms. The van der Waals surface area contributed by atoms with Crippen LogP contribution in [0.3, 0.4) is 0 Å². The van der Waals surface area contributed by atoms with Crippen LogP contribution in [0, 0.1) is 0 Å². The topological polar surface area (TPSA) is 99.9 Å². The molecule has 2 fully saturated rings. The van der Waals surface area contributed by atoms with Crippen molar-refractivity contribution in [1.29, 1.82) is 0 Å². The maximum Gasteiger partial charge on any atom is 0.187 e. The molecule has 0 amide bonds. The quantitative estimate of drug-likeness (QED) is 0.0976. The van der Waals surface area contributed by atoms with Gasteiger partial charge >= 0.3 is 0 Å². The first-order chi connectivity index (χ1) is 27.1. The number of fused-ring (bicyclic) bond motifs is 1. The van der Waals surface area contributed by atoms with E-state index in [2.05, 4.69) is 0 Å². The van der Waals surface area contributed by atoms with E-state index < -0.39 is 49.1 Å². The minimum absolute atomic E-state index is 0.103. The molecule has 6 unspecified atom stereocenters. The lowest BCUT2D eigenvalue weighted by molar-refractivity contribution is -0.373. The van der Waals surface area contributed by atoms with Gasteiger partial charge in [0.25, 0.3) is 0 Å². The number of benzene rings is 5. The van der Waals surface area contributed by atoms with Gasteiger partial charge in [-0.05, 0) is 29.2 Å². The monoisotopic (exact) mass is 745 g/mol. The zero-order chi connectivity index (χ0) is 37.7. The van der Waals surface area contributed by atoms with Crippen LogP contribution in [0.4, 0.5) is 0 Å². The molecule has 0 spiro atoms. The normalized spacial score (nSPS) is 24.0. The Kier molecular flexibility index (Phi) is 14.2. The lowest BCUT2D eigenvalue weighted by Gasteiger charge is -2.49. The van der Waals surface area contributed by atoms with Crippen LogP contribution in [0.25, 0.3) is 0 Å². The molecule has 0 bridgehead atoms. The van der Waals surface area contributed by atoms with E-state index in [9.17, 15) is 0 Å². The number of rotatable bonds is 18. The Labute approximate surface area is 324 Å². The first-order valence-electron chi connectivity index (χ1n) is 19.1. The second-order valence-electron chi connectivity index (χ2n) is 14.0. The molecule has 2 saturated heterocycles. The van der Waals surface area contributed by atoms with Crippen LogP contribution in [0.5, 0.6) is 0 Å². The van der Waals surface area contributed by atoms with Crippen molar-refractivity contribution >= 4 is 0 Å². The molecule has 0 aromatic heterocycles. The molecule has 2 aliphatic heterocycles. The molecular weight excluding hydrogens is 695 g/mol. The molecule has 288 valence electrons. The third-order valence-electron chi connectivity index (χ3n) is 9.90. The van der Waals surface area contributed by atoms with E-state index in [1.165, 1.54) is 0 Å². The fourth-order valence-electron chi connectivity index (χ4n) is 6.93. The summed E-state index contributed by atoms with van der Waals surface area (Å²) in [5.41, 5.74) is 12.0. The van der Waals surface area contributed by atoms with Gasteiger partial charge in [-0.2, -0.15) is 0 Å². The van der Waals surface area contributed by atoms with Gasteiger partial charge in [-0.1, -0.05) is 152 Å². The second-order valence-corrected chi connectivity index (χ2v) is 14.0. The molecular formula is C46H51NO8. The average molecular weight is 746 g/mol. The Morgan fingerprint density at radius 2 is 1.04 bits per heavy atom. The van der Waals surface area contributed by atoms with Gasteiger partial charge in [0.15, 0.2) is 12.6 Å². The van der Waals surface area contributed by atoms with Crippen molar-refractivity contribution in [3.63, 3.8) is 0 Å². The van der Waals surface area contributed by atoms with E-state index in [0.29, 0.717) is 26.4 Å². The summed E-state index contributed by atoms with van der Waals surface area (Å²) in [6.45, 7) is 3.82. The van der Waals surface area contributed by atoms with Crippen molar-refractivity contribution in [3.05, 3.63) is 179 Å². The van der Waals surface area contributed by atoms with E-state index in [0.717, 1.165) is 27.8 Å². The third-order valence-corrected chi connectivity index (χ3v) is 9.90. The highest BCUT2D eigenvalue weighted by atomic mass is 16.8. The number of hydrogen-bond acceptors (Lipinski definition) is 9. The number of hydrogen-bond donors (Lipinski definition) is 1. The van der Waals surface area contributed by atoms with Gasteiger partial charge in [0.1, 0.15) is 30.5 Å². The highest BCUT2D eigenvalue weighted by Crippen LogP contribution is 2.37. The zero-order valence-corrected chi connectivity index (χ0v) is 31.2. The van der Waals surface area contributed by atoms with Crippen molar-refractivity contribution < 1.29 is 37.9 Å². The third kappa shape index (κ3) is 11.0. The molecule has 9 heteroatoms. The van der Waals surface area contributed by atoms with Crippen LogP contribution in [0.1, 0.15) is 41.0 Å². The van der Waals surface area contributed by atoms with Crippen LogP contribution in [-0.2, 0) is 64.3 Å². The SMILES string of the molecule is C[C@@H](OCc1ccccc1)[C@@H](OCc1ccccc1)[C@@H](N)COC1OC2COC(c3ccccc3)OC2C(OCc2ccccc2)C1OCc1ccccc1. The molecule has 2 heterocycles. The molecule has 9 atom stereocenters. The van der Waals surface area contributed by atoms with Crippen LogP contribution in [0.2, 0.25) is 0 Å². The zero-order valence-electron chi connectivity index (χ0n) is 31.2. The van der Waals surface area contributed by atoms with Gasteiger partial charge in [-0.15, -0.1) is 0 Å². The lowest BCUT2D eigenvalue weighted by Crippen LogP contribution is -2.64. The summed E-state index contributed by atoms with van der Waals surface area (Å²) in [5, 5.41) is 0. The van der Waals surface area contributed by atoms with Gasteiger partial charge in [0.2, 0.25) is 0 Å². The van der Waals surface area contributed by atoms with Gasteiger partial charge in [0.05, 0.1) is 51.8 Å². The highest BCUT2D eigenvalue weighted by molar-refractivity contribution is 5.18. The predicted octanol–water partition coefficient (Wildman–Crippen LogP) is 7.53. The molecule has 9 nitrogen and oxygen atoms in total. The van der Waals surface area contributed by atoms with Crippen LogP contribution in [-0.4, -0.2) is 62.2 Å². The van der Waals surface area contributed by atoms with Gasteiger partial charge in [-0.3, -0.25) is 0 Å². The smallest absolute Gasteiger partial charge is 0.187 e. The van der Waals surface area contributed by atoms with Crippen LogP contribution < -0.4 is 5.73 Å². The van der Waals surface area contributed by atoms with Gasteiger partial charge < -0.3 is 43.6 Å². The molecule has 5 aromatic carbocycles. The minimum atomic E-state index is -0.854. The van der Waals surface area contributed by atoms with Crippen LogP contribution in [0.15, 0.2) is 152 Å². The van der Waals surface area contributed by atoms with E-state index in [1.807, 2.05) is 159 Å². The fraction of sp³-hybridized carbons (Fsp3) is 0.348. The number of nitrogens with two attached hydrogens (primary N) is 1. The van der Waals surface area contributed by atoms with Gasteiger partial charge in [0, 0.05) is 5.56 Å². The molecule has 7 rings (SSSR count). The minimum Gasteiger partial charge on any atom is -0.371 e. The molecule has 0 aliphatic carbocycles. The lowest BCUT2D eigenvalue weighted by atomic mass is 9.97. The largest absolute Gasteiger partial charge is 0.371 e. The fourth-order valence-corrected chi connectivity index (χ4v) is 6.93. The Morgan fingerprint density at radius 3 is 1.58 bits per heavy atom. The molecule has 0 saturated carbocycles. The maximum atomic E-state index is 6.96. The second kappa shape index (κ2) is 20.1. The Morgan fingerprint density at radius 1 is 0.564 bits per heavy atom. The molecule has 2 aliphatic rings. The highest BCUT2D eigenvalue weighted by Gasteiger charge is 2.52. The van der Waals surface area contributed by atoms with E-state index >= 15 is 0 Å². The first kappa shape index (κ1) is 39.0. The number of ether oxygens (including phenoxy) is 8. The van der Waals surface area contributed by atoms with Crippen LogP contribution >= 0.6 is 0 Å². The van der Waals surface area contributed by atoms with Crippen molar-refractivity contribution in [3.8, 4) is 0 Å². The van der Waals surface area contributed by atoms with E-state index in [1.54, 1.807) is 0 Å². The molecule has 2 N–H and O–H groups in total. The molecule has 5 aromatic rings. The Balaban J connectivity index is 1.11. The summed E-state index contributed by atoms with van der Waals surface area (Å²) in [6.07, 6.45) is -4.54. The summed E-state index contributed by atoms with van der Waals surface area (Å²) < 4.78 is 52.5. The van der Waals surface area contributed by atoms with Gasteiger partial charge in [-0.25, -0.2) is 0 Å². The van der Waals surface area contributed by atoms with Crippen molar-refractivity contribution in [2.45, 2.75) is 88.6 Å².